The first kappa shape index (κ1) is 13.8. The molecule has 1 aromatic rings. The zero-order valence-electron chi connectivity index (χ0n) is 11.4. The number of piperidine rings is 1. The van der Waals surface area contributed by atoms with Gasteiger partial charge in [-0.05, 0) is 12.5 Å². The molecule has 0 bridgehead atoms. The van der Waals surface area contributed by atoms with Gasteiger partial charge in [-0.1, -0.05) is 13.3 Å². The topological polar surface area (TPSA) is 55.3 Å². The summed E-state index contributed by atoms with van der Waals surface area (Å²) < 4.78 is 5.70. The molecule has 1 aromatic heterocycles. The van der Waals surface area contributed by atoms with Gasteiger partial charge in [0.2, 0.25) is 5.91 Å². The molecule has 2 heterocycles. The van der Waals surface area contributed by atoms with E-state index in [9.17, 15) is 4.79 Å². The number of carbonyl (C=O) groups is 1. The smallest absolute Gasteiger partial charge is 0.316 e. The lowest BCUT2D eigenvalue weighted by Gasteiger charge is -2.31. The largest absolute Gasteiger partial charge is 0.460 e. The third-order valence-electron chi connectivity index (χ3n) is 3.35. The minimum Gasteiger partial charge on any atom is -0.460 e. The lowest BCUT2D eigenvalue weighted by Crippen LogP contribution is -2.41. The molecule has 19 heavy (non-hydrogen) atoms. The Labute approximate surface area is 114 Å². The third kappa shape index (κ3) is 4.19. The maximum absolute atomic E-state index is 11.9. The molecule has 5 nitrogen and oxygen atoms in total. The van der Waals surface area contributed by atoms with Crippen molar-refractivity contribution in [3.8, 4) is 6.01 Å². The van der Waals surface area contributed by atoms with Gasteiger partial charge in [0.15, 0.2) is 0 Å². The van der Waals surface area contributed by atoms with Gasteiger partial charge in [-0.15, -0.1) is 0 Å². The van der Waals surface area contributed by atoms with E-state index in [0.717, 1.165) is 38.8 Å². The van der Waals surface area contributed by atoms with Gasteiger partial charge in [0, 0.05) is 44.7 Å². The fraction of sp³-hybridized carbons (Fsp3) is 0.643. The number of nitrogens with zero attached hydrogens (tertiary/aromatic N) is 3. The molecule has 0 N–H and O–H groups in total. The quantitative estimate of drug-likeness (QED) is 0.815. The number of ether oxygens (including phenoxy) is 1. The van der Waals surface area contributed by atoms with Crippen molar-refractivity contribution in [1.29, 1.82) is 0 Å². The van der Waals surface area contributed by atoms with E-state index in [1.165, 1.54) is 0 Å². The number of aromatic nitrogens is 2. The number of likely N-dealkylation sites (tertiary alicyclic amines) is 1. The van der Waals surface area contributed by atoms with Gasteiger partial charge >= 0.3 is 6.01 Å². The first-order chi connectivity index (χ1) is 9.29. The Morgan fingerprint density at radius 2 is 2.05 bits per heavy atom. The van der Waals surface area contributed by atoms with Crippen molar-refractivity contribution >= 4 is 5.91 Å². The highest BCUT2D eigenvalue weighted by Gasteiger charge is 2.23. The van der Waals surface area contributed by atoms with Gasteiger partial charge in [0.25, 0.3) is 0 Å². The van der Waals surface area contributed by atoms with E-state index < -0.39 is 0 Å². The molecule has 0 radical (unpaired) electrons. The van der Waals surface area contributed by atoms with Crippen LogP contribution in [0.1, 0.15) is 39.0 Å². The fourth-order valence-electron chi connectivity index (χ4n) is 2.20. The van der Waals surface area contributed by atoms with Gasteiger partial charge in [0.05, 0.1) is 0 Å². The van der Waals surface area contributed by atoms with E-state index >= 15 is 0 Å². The lowest BCUT2D eigenvalue weighted by molar-refractivity contribution is -0.133. The van der Waals surface area contributed by atoms with Crippen LogP contribution >= 0.6 is 0 Å². The molecule has 1 saturated heterocycles. The van der Waals surface area contributed by atoms with E-state index in [2.05, 4.69) is 16.9 Å². The third-order valence-corrected chi connectivity index (χ3v) is 3.35. The highest BCUT2D eigenvalue weighted by Crippen LogP contribution is 2.16. The van der Waals surface area contributed by atoms with Crippen LogP contribution in [0.25, 0.3) is 0 Å². The van der Waals surface area contributed by atoms with Gasteiger partial charge in [-0.3, -0.25) is 4.79 Å². The Bertz CT molecular complexity index is 389. The molecule has 0 spiro atoms. The summed E-state index contributed by atoms with van der Waals surface area (Å²) in [6, 6.07) is 2.19. The van der Waals surface area contributed by atoms with Crippen LogP contribution in [-0.2, 0) is 4.79 Å². The van der Waals surface area contributed by atoms with E-state index in [0.29, 0.717) is 12.4 Å². The molecule has 1 amide bonds. The molecule has 1 fully saturated rings. The number of unbranched alkanes of at least 4 members (excludes halogenated alkanes) is 1. The summed E-state index contributed by atoms with van der Waals surface area (Å²) in [4.78, 5) is 21.9. The predicted octanol–water partition coefficient (Wildman–Crippen LogP) is 2.04. The average molecular weight is 263 g/mol. The summed E-state index contributed by atoms with van der Waals surface area (Å²) in [6.07, 6.45) is 7.90. The van der Waals surface area contributed by atoms with Crippen LogP contribution in [-0.4, -0.2) is 40.0 Å². The number of hydrogen-bond acceptors (Lipinski definition) is 4. The maximum Gasteiger partial charge on any atom is 0.316 e. The van der Waals surface area contributed by atoms with Crippen molar-refractivity contribution in [2.45, 2.75) is 45.1 Å². The summed E-state index contributed by atoms with van der Waals surface area (Å²) in [5, 5.41) is 0. The van der Waals surface area contributed by atoms with E-state index in [1.807, 2.05) is 4.90 Å². The molecule has 5 heteroatoms. The second-order valence-corrected chi connectivity index (χ2v) is 4.83. The van der Waals surface area contributed by atoms with Crippen LogP contribution in [0.2, 0.25) is 0 Å². The van der Waals surface area contributed by atoms with Gasteiger partial charge in [-0.25, -0.2) is 9.97 Å². The van der Waals surface area contributed by atoms with Crippen molar-refractivity contribution in [2.24, 2.45) is 0 Å². The Hall–Kier alpha value is -1.65. The van der Waals surface area contributed by atoms with E-state index in [4.69, 9.17) is 4.74 Å². The summed E-state index contributed by atoms with van der Waals surface area (Å²) in [7, 11) is 0. The first-order valence-corrected chi connectivity index (χ1v) is 7.01. The molecule has 104 valence electrons. The summed E-state index contributed by atoms with van der Waals surface area (Å²) >= 11 is 0. The normalized spacial score (nSPS) is 16.4. The monoisotopic (exact) mass is 263 g/mol. The second-order valence-electron chi connectivity index (χ2n) is 4.83. The molecule has 0 unspecified atom stereocenters. The summed E-state index contributed by atoms with van der Waals surface area (Å²) in [6.45, 7) is 3.66. The molecule has 2 rings (SSSR count). The van der Waals surface area contributed by atoms with Crippen molar-refractivity contribution in [1.82, 2.24) is 14.9 Å². The van der Waals surface area contributed by atoms with Gasteiger partial charge in [-0.2, -0.15) is 0 Å². The van der Waals surface area contributed by atoms with Crippen LogP contribution in [0.5, 0.6) is 6.01 Å². The van der Waals surface area contributed by atoms with Crippen molar-refractivity contribution in [3.63, 3.8) is 0 Å². The lowest BCUT2D eigenvalue weighted by atomic mass is 10.1. The Morgan fingerprint density at radius 3 is 2.68 bits per heavy atom. The molecule has 1 aliphatic heterocycles. The molecule has 0 saturated carbocycles. The van der Waals surface area contributed by atoms with Gasteiger partial charge < -0.3 is 9.64 Å². The zero-order chi connectivity index (χ0) is 13.5. The Balaban J connectivity index is 1.75. The van der Waals surface area contributed by atoms with Crippen LogP contribution in [0.3, 0.4) is 0 Å². The SMILES string of the molecule is CCCCC(=O)N1CCC(Oc2ncccn2)CC1. The summed E-state index contributed by atoms with van der Waals surface area (Å²) in [5.74, 6) is 0.274. The highest BCUT2D eigenvalue weighted by atomic mass is 16.5. The van der Waals surface area contributed by atoms with Crippen LogP contribution in [0.4, 0.5) is 0 Å². The minimum atomic E-state index is 0.123. The van der Waals surface area contributed by atoms with Crippen molar-refractivity contribution in [3.05, 3.63) is 18.5 Å². The number of rotatable bonds is 5. The van der Waals surface area contributed by atoms with Crippen LogP contribution in [0, 0.1) is 0 Å². The van der Waals surface area contributed by atoms with Crippen molar-refractivity contribution < 1.29 is 9.53 Å². The fourth-order valence-corrected chi connectivity index (χ4v) is 2.20. The average Bonchev–Trinajstić information content (AvgIpc) is 2.46. The van der Waals surface area contributed by atoms with E-state index in [1.54, 1.807) is 18.5 Å². The standard InChI is InChI=1S/C14H21N3O2/c1-2-3-5-13(18)17-10-6-12(7-11-17)19-14-15-8-4-9-16-14/h4,8-9,12H,2-3,5-7,10-11H2,1H3. The van der Waals surface area contributed by atoms with Crippen LogP contribution in [0.15, 0.2) is 18.5 Å². The second kappa shape index (κ2) is 7.07. The molecule has 0 atom stereocenters. The molecule has 0 aliphatic carbocycles. The zero-order valence-corrected chi connectivity index (χ0v) is 11.4. The molecular formula is C14H21N3O2. The summed E-state index contributed by atoms with van der Waals surface area (Å²) in [5.41, 5.74) is 0. The van der Waals surface area contributed by atoms with E-state index in [-0.39, 0.29) is 12.0 Å². The highest BCUT2D eigenvalue weighted by molar-refractivity contribution is 5.76. The molecule has 1 aliphatic rings. The van der Waals surface area contributed by atoms with Crippen molar-refractivity contribution in [2.75, 3.05) is 13.1 Å². The predicted molar refractivity (Wildman–Crippen MR) is 71.8 cm³/mol. The first-order valence-electron chi connectivity index (χ1n) is 7.01. The molecule has 0 aromatic carbocycles. The number of amides is 1. The minimum absolute atomic E-state index is 0.123. The Morgan fingerprint density at radius 1 is 1.37 bits per heavy atom. The van der Waals surface area contributed by atoms with Gasteiger partial charge in [0.1, 0.15) is 6.10 Å². The number of carbonyl (C=O) groups excluding carboxylic acids is 1. The molecular weight excluding hydrogens is 242 g/mol. The maximum atomic E-state index is 11.9. The van der Waals surface area contributed by atoms with Crippen LogP contribution < -0.4 is 4.74 Å². The number of hydrogen-bond donors (Lipinski definition) is 0. The Kier molecular flexibility index (Phi) is 5.12.